The Morgan fingerprint density at radius 3 is 2.70 bits per heavy atom. The lowest BCUT2D eigenvalue weighted by Crippen LogP contribution is -2.07. The Kier molecular flexibility index (Phi) is 3.22. The van der Waals surface area contributed by atoms with Crippen molar-refractivity contribution < 1.29 is 4.42 Å². The van der Waals surface area contributed by atoms with Gasteiger partial charge in [0, 0.05) is 10.6 Å². The number of furan rings is 1. The first-order chi connectivity index (χ1) is 9.47. The van der Waals surface area contributed by atoms with Gasteiger partial charge in [0.15, 0.2) is 4.77 Å². The van der Waals surface area contributed by atoms with Gasteiger partial charge in [-0.1, -0.05) is 11.6 Å². The lowest BCUT2D eigenvalue weighted by Gasteiger charge is -2.14. The maximum Gasteiger partial charge on any atom is 0.178 e. The predicted octanol–water partition coefficient (Wildman–Crippen LogP) is 5.17. The van der Waals surface area contributed by atoms with E-state index in [0.717, 1.165) is 28.1 Å². The lowest BCUT2D eigenvalue weighted by atomic mass is 10.1. The summed E-state index contributed by atoms with van der Waals surface area (Å²) in [6.07, 6.45) is 0. The molecule has 1 N–H and O–H groups in total. The molecule has 0 aliphatic rings. The molecule has 0 amide bonds. The molecule has 2 aromatic heterocycles. The van der Waals surface area contributed by atoms with E-state index in [0.29, 0.717) is 9.79 Å². The summed E-state index contributed by atoms with van der Waals surface area (Å²) in [5.74, 6) is 1.85. The number of imidazole rings is 1. The molecule has 0 bridgehead atoms. The van der Waals surface area contributed by atoms with Crippen molar-refractivity contribution >= 4 is 34.9 Å². The van der Waals surface area contributed by atoms with Crippen molar-refractivity contribution in [1.82, 2.24) is 9.55 Å². The fourth-order valence-electron chi connectivity index (χ4n) is 2.69. The van der Waals surface area contributed by atoms with E-state index in [2.05, 4.69) is 22.5 Å². The van der Waals surface area contributed by atoms with E-state index < -0.39 is 0 Å². The van der Waals surface area contributed by atoms with Crippen LogP contribution in [0.25, 0.3) is 11.0 Å². The highest BCUT2D eigenvalue weighted by atomic mass is 35.5. The molecule has 0 spiro atoms. The van der Waals surface area contributed by atoms with E-state index >= 15 is 0 Å². The van der Waals surface area contributed by atoms with E-state index in [1.165, 1.54) is 0 Å². The first-order valence-corrected chi connectivity index (χ1v) is 7.22. The second-order valence-corrected chi connectivity index (χ2v) is 5.83. The Hall–Kier alpha value is -1.52. The molecule has 5 heteroatoms. The lowest BCUT2D eigenvalue weighted by molar-refractivity contribution is 0.495. The third-order valence-electron chi connectivity index (χ3n) is 3.60. The summed E-state index contributed by atoms with van der Waals surface area (Å²) in [6, 6.07) is 7.93. The highest BCUT2D eigenvalue weighted by Gasteiger charge is 2.17. The number of hydrogen-bond donors (Lipinski definition) is 1. The summed E-state index contributed by atoms with van der Waals surface area (Å²) in [5.41, 5.74) is 3.15. The van der Waals surface area contributed by atoms with Gasteiger partial charge in [-0.25, -0.2) is 0 Å². The number of nitrogens with one attached hydrogen (secondary N) is 1. The van der Waals surface area contributed by atoms with Crippen molar-refractivity contribution in [1.29, 1.82) is 0 Å². The van der Waals surface area contributed by atoms with Gasteiger partial charge in [-0.2, -0.15) is 0 Å². The van der Waals surface area contributed by atoms with Crippen LogP contribution in [0.15, 0.2) is 28.7 Å². The van der Waals surface area contributed by atoms with Gasteiger partial charge < -0.3 is 14.0 Å². The molecule has 0 fully saturated rings. The van der Waals surface area contributed by atoms with Gasteiger partial charge >= 0.3 is 0 Å². The molecule has 0 aliphatic carbocycles. The van der Waals surface area contributed by atoms with Gasteiger partial charge in [0.2, 0.25) is 0 Å². The van der Waals surface area contributed by atoms with E-state index in [4.69, 9.17) is 28.2 Å². The molecule has 1 unspecified atom stereocenters. The van der Waals surface area contributed by atoms with Crippen LogP contribution < -0.4 is 0 Å². The van der Waals surface area contributed by atoms with Crippen molar-refractivity contribution in [2.45, 2.75) is 26.8 Å². The maximum atomic E-state index is 6.03. The summed E-state index contributed by atoms with van der Waals surface area (Å²) >= 11 is 11.5. The van der Waals surface area contributed by atoms with Gasteiger partial charge in [-0.05, 0) is 57.3 Å². The fourth-order valence-corrected chi connectivity index (χ4v) is 3.23. The Morgan fingerprint density at radius 2 is 2.05 bits per heavy atom. The molecular formula is C15H15ClN2OS. The van der Waals surface area contributed by atoms with Crippen molar-refractivity contribution in [3.05, 3.63) is 51.1 Å². The second kappa shape index (κ2) is 4.79. The number of aryl methyl sites for hydroxylation is 2. The van der Waals surface area contributed by atoms with E-state index in [9.17, 15) is 0 Å². The third kappa shape index (κ3) is 2.09. The van der Waals surface area contributed by atoms with Gasteiger partial charge in [0.05, 0.1) is 17.1 Å². The molecule has 0 saturated heterocycles. The molecule has 104 valence electrons. The minimum Gasteiger partial charge on any atom is -0.466 e. The molecule has 0 aliphatic heterocycles. The number of aromatic amines is 1. The number of rotatable bonds is 2. The van der Waals surface area contributed by atoms with Crippen LogP contribution in [0.5, 0.6) is 0 Å². The topological polar surface area (TPSA) is 33.9 Å². The zero-order valence-electron chi connectivity index (χ0n) is 11.5. The Morgan fingerprint density at radius 1 is 1.30 bits per heavy atom. The van der Waals surface area contributed by atoms with Crippen LogP contribution in [0.4, 0.5) is 0 Å². The van der Waals surface area contributed by atoms with Crippen molar-refractivity contribution in [3.8, 4) is 0 Å². The van der Waals surface area contributed by atoms with Crippen molar-refractivity contribution in [2.75, 3.05) is 0 Å². The number of aromatic nitrogens is 2. The summed E-state index contributed by atoms with van der Waals surface area (Å²) < 4.78 is 8.41. The minimum atomic E-state index is 0.106. The summed E-state index contributed by atoms with van der Waals surface area (Å²) in [5, 5.41) is 0.698. The van der Waals surface area contributed by atoms with Gasteiger partial charge in [0.1, 0.15) is 11.5 Å². The monoisotopic (exact) mass is 306 g/mol. The second-order valence-electron chi connectivity index (χ2n) is 5.01. The molecule has 2 heterocycles. The van der Waals surface area contributed by atoms with Crippen LogP contribution in [0.2, 0.25) is 5.02 Å². The van der Waals surface area contributed by atoms with Crippen molar-refractivity contribution in [3.63, 3.8) is 0 Å². The normalized spacial score (nSPS) is 13.0. The predicted molar refractivity (Wildman–Crippen MR) is 84.1 cm³/mol. The average Bonchev–Trinajstić information content (AvgIpc) is 2.87. The molecule has 3 rings (SSSR count). The standard InChI is InChI=1S/C15H15ClN2OS/c1-8-6-12(10(3)19-8)9(2)18-14-5-4-11(16)7-13(14)17-15(18)20/h4-7,9H,1-3H3,(H,17,20). The molecule has 1 atom stereocenters. The molecule has 0 saturated carbocycles. The molecular weight excluding hydrogens is 292 g/mol. The molecule has 3 aromatic rings. The fraction of sp³-hybridized carbons (Fsp3) is 0.267. The van der Waals surface area contributed by atoms with Crippen LogP contribution >= 0.6 is 23.8 Å². The summed E-state index contributed by atoms with van der Waals surface area (Å²) in [4.78, 5) is 3.21. The average molecular weight is 307 g/mol. The van der Waals surface area contributed by atoms with Crippen LogP contribution in [0, 0.1) is 18.6 Å². The third-order valence-corrected chi connectivity index (χ3v) is 4.13. The number of H-pyrrole nitrogens is 1. The van der Waals surface area contributed by atoms with Gasteiger partial charge in [-0.3, -0.25) is 0 Å². The van der Waals surface area contributed by atoms with Gasteiger partial charge in [0.25, 0.3) is 0 Å². The maximum absolute atomic E-state index is 6.03. The molecule has 20 heavy (non-hydrogen) atoms. The number of benzene rings is 1. The molecule has 0 radical (unpaired) electrons. The van der Waals surface area contributed by atoms with Crippen LogP contribution in [-0.2, 0) is 0 Å². The van der Waals surface area contributed by atoms with E-state index in [1.54, 1.807) is 0 Å². The Balaban J connectivity index is 2.21. The van der Waals surface area contributed by atoms with Crippen molar-refractivity contribution in [2.24, 2.45) is 0 Å². The smallest absolute Gasteiger partial charge is 0.178 e. The van der Waals surface area contributed by atoms with E-state index in [1.807, 2.05) is 32.0 Å². The zero-order valence-corrected chi connectivity index (χ0v) is 13.1. The Labute approximate surface area is 127 Å². The Bertz CT molecular complexity index is 843. The number of halogens is 1. The first-order valence-electron chi connectivity index (χ1n) is 6.44. The first kappa shape index (κ1) is 13.5. The SMILES string of the molecule is Cc1cc(C(C)n2c(=S)[nH]c3cc(Cl)ccc32)c(C)o1. The number of fused-ring (bicyclic) bond motifs is 1. The van der Waals surface area contributed by atoms with Gasteiger partial charge in [-0.15, -0.1) is 0 Å². The van der Waals surface area contributed by atoms with Crippen LogP contribution in [-0.4, -0.2) is 9.55 Å². The molecule has 1 aromatic carbocycles. The number of nitrogens with zero attached hydrogens (tertiary/aromatic N) is 1. The van der Waals surface area contributed by atoms with Crippen LogP contribution in [0.1, 0.15) is 30.0 Å². The highest BCUT2D eigenvalue weighted by molar-refractivity contribution is 7.71. The summed E-state index contributed by atoms with van der Waals surface area (Å²) in [6.45, 7) is 6.06. The van der Waals surface area contributed by atoms with Crippen LogP contribution in [0.3, 0.4) is 0 Å². The summed E-state index contributed by atoms with van der Waals surface area (Å²) in [7, 11) is 0. The minimum absolute atomic E-state index is 0.106. The number of hydrogen-bond acceptors (Lipinski definition) is 2. The quantitative estimate of drug-likeness (QED) is 0.663. The highest BCUT2D eigenvalue weighted by Crippen LogP contribution is 2.29. The zero-order chi connectivity index (χ0) is 14.4. The largest absolute Gasteiger partial charge is 0.466 e. The van der Waals surface area contributed by atoms with E-state index in [-0.39, 0.29) is 6.04 Å². The molecule has 3 nitrogen and oxygen atoms in total.